The summed E-state index contributed by atoms with van der Waals surface area (Å²) >= 11 is 0. The summed E-state index contributed by atoms with van der Waals surface area (Å²) in [4.78, 5) is 35.8. The molecule has 10 nitrogen and oxygen atoms in total. The normalized spacial score (nSPS) is 13.1. The molecule has 0 saturated carbocycles. The Kier molecular flexibility index (Phi) is 6.89. The molecule has 0 heterocycles. The van der Waals surface area contributed by atoms with Gasteiger partial charge in [0.1, 0.15) is 6.54 Å². The van der Waals surface area contributed by atoms with Crippen molar-refractivity contribution in [3.05, 3.63) is 0 Å². The Morgan fingerprint density at radius 3 is 2.16 bits per heavy atom. The SMILES string of the molecule is NC(N)=NC(CCC(N)C(=O)NCC(=O)O)C(=O)O. The highest BCUT2D eigenvalue weighted by Crippen LogP contribution is 2.05. The zero-order valence-corrected chi connectivity index (χ0v) is 10.1. The maximum Gasteiger partial charge on any atom is 0.328 e. The van der Waals surface area contributed by atoms with Crippen LogP contribution in [0.15, 0.2) is 4.99 Å². The van der Waals surface area contributed by atoms with Gasteiger partial charge in [-0.3, -0.25) is 9.59 Å². The van der Waals surface area contributed by atoms with E-state index in [-0.39, 0.29) is 18.8 Å². The predicted molar refractivity (Wildman–Crippen MR) is 65.1 cm³/mol. The van der Waals surface area contributed by atoms with E-state index in [1.165, 1.54) is 0 Å². The first kappa shape index (κ1) is 16.6. The van der Waals surface area contributed by atoms with Gasteiger partial charge in [-0.05, 0) is 12.8 Å². The van der Waals surface area contributed by atoms with Crippen LogP contribution in [0, 0.1) is 0 Å². The molecule has 0 aliphatic carbocycles. The van der Waals surface area contributed by atoms with Crippen LogP contribution in [0.5, 0.6) is 0 Å². The lowest BCUT2D eigenvalue weighted by atomic mass is 10.1. The lowest BCUT2D eigenvalue weighted by Crippen LogP contribution is -2.43. The zero-order valence-electron chi connectivity index (χ0n) is 10.1. The van der Waals surface area contributed by atoms with E-state index in [4.69, 9.17) is 27.4 Å². The number of aliphatic carboxylic acids is 2. The molecule has 0 aromatic rings. The lowest BCUT2D eigenvalue weighted by molar-refractivity contribution is -0.138. The number of carboxylic acid groups (broad SMARTS) is 2. The topological polar surface area (TPSA) is 194 Å². The molecule has 0 aliphatic heterocycles. The number of nitrogens with two attached hydrogens (primary N) is 3. The Morgan fingerprint density at radius 1 is 1.16 bits per heavy atom. The number of nitrogens with zero attached hydrogens (tertiary/aromatic N) is 1. The average molecular weight is 275 g/mol. The minimum absolute atomic E-state index is 0.000795. The molecule has 108 valence electrons. The molecular weight excluding hydrogens is 258 g/mol. The number of hydrogen-bond donors (Lipinski definition) is 6. The van der Waals surface area contributed by atoms with Crippen molar-refractivity contribution in [1.82, 2.24) is 5.32 Å². The number of aliphatic imine (C=N–C) groups is 1. The molecule has 2 atom stereocenters. The van der Waals surface area contributed by atoms with Crippen molar-refractivity contribution in [3.63, 3.8) is 0 Å². The molecule has 9 N–H and O–H groups in total. The molecule has 0 aliphatic rings. The standard InChI is InChI=1S/C9H17N5O5/c10-4(7(17)13-3-6(15)16)1-2-5(8(18)19)14-9(11)12/h4-5H,1-3,10H2,(H,13,17)(H,15,16)(H,18,19)(H4,11,12,14). The number of carbonyl (C=O) groups is 3. The quantitative estimate of drug-likeness (QED) is 0.199. The van der Waals surface area contributed by atoms with Crippen LogP contribution in [0.2, 0.25) is 0 Å². The minimum Gasteiger partial charge on any atom is -0.480 e. The molecule has 0 bridgehead atoms. The summed E-state index contributed by atoms with van der Waals surface area (Å²) in [7, 11) is 0. The van der Waals surface area contributed by atoms with E-state index < -0.39 is 36.5 Å². The average Bonchev–Trinajstić information content (AvgIpc) is 2.29. The fourth-order valence-corrected chi connectivity index (χ4v) is 1.19. The van der Waals surface area contributed by atoms with Gasteiger partial charge >= 0.3 is 11.9 Å². The third-order valence-electron chi connectivity index (χ3n) is 2.09. The smallest absolute Gasteiger partial charge is 0.328 e. The van der Waals surface area contributed by atoms with Gasteiger partial charge in [0.05, 0.1) is 6.04 Å². The van der Waals surface area contributed by atoms with Crippen LogP contribution in [0.1, 0.15) is 12.8 Å². The van der Waals surface area contributed by atoms with Gasteiger partial charge in [-0.2, -0.15) is 0 Å². The van der Waals surface area contributed by atoms with Crippen LogP contribution in [0.3, 0.4) is 0 Å². The van der Waals surface area contributed by atoms with Crippen LogP contribution in [-0.4, -0.2) is 52.6 Å². The Hall–Kier alpha value is -2.36. The maximum absolute atomic E-state index is 11.3. The van der Waals surface area contributed by atoms with Gasteiger partial charge in [0, 0.05) is 0 Å². The molecule has 0 aromatic carbocycles. The molecule has 0 fully saturated rings. The lowest BCUT2D eigenvalue weighted by Gasteiger charge is -2.13. The summed E-state index contributed by atoms with van der Waals surface area (Å²) < 4.78 is 0. The third kappa shape index (κ3) is 7.54. The van der Waals surface area contributed by atoms with Crippen molar-refractivity contribution in [1.29, 1.82) is 0 Å². The van der Waals surface area contributed by atoms with Crippen molar-refractivity contribution < 1.29 is 24.6 Å². The summed E-state index contributed by atoms with van der Waals surface area (Å²) in [6.45, 7) is -0.553. The first-order valence-corrected chi connectivity index (χ1v) is 5.30. The van der Waals surface area contributed by atoms with E-state index in [2.05, 4.69) is 10.3 Å². The zero-order chi connectivity index (χ0) is 15.0. The van der Waals surface area contributed by atoms with Crippen LogP contribution >= 0.6 is 0 Å². The van der Waals surface area contributed by atoms with E-state index in [0.717, 1.165) is 0 Å². The van der Waals surface area contributed by atoms with Crippen LogP contribution < -0.4 is 22.5 Å². The van der Waals surface area contributed by atoms with Gasteiger partial charge in [0.15, 0.2) is 12.0 Å². The van der Waals surface area contributed by atoms with E-state index in [1.54, 1.807) is 0 Å². The highest BCUT2D eigenvalue weighted by Gasteiger charge is 2.21. The Morgan fingerprint density at radius 2 is 1.74 bits per heavy atom. The first-order valence-electron chi connectivity index (χ1n) is 5.30. The minimum atomic E-state index is -1.24. The van der Waals surface area contributed by atoms with Crippen LogP contribution in [0.4, 0.5) is 0 Å². The second-order valence-electron chi connectivity index (χ2n) is 3.70. The molecule has 0 radical (unpaired) electrons. The molecule has 1 amide bonds. The van der Waals surface area contributed by atoms with E-state index in [0.29, 0.717) is 0 Å². The number of amides is 1. The van der Waals surface area contributed by atoms with Crippen LogP contribution in [-0.2, 0) is 14.4 Å². The number of carboxylic acids is 2. The van der Waals surface area contributed by atoms with Gasteiger partial charge in [0.2, 0.25) is 5.91 Å². The highest BCUT2D eigenvalue weighted by atomic mass is 16.4. The van der Waals surface area contributed by atoms with Crippen molar-refractivity contribution in [2.45, 2.75) is 24.9 Å². The fraction of sp³-hybridized carbons (Fsp3) is 0.556. The molecule has 0 saturated heterocycles. The number of nitrogens with one attached hydrogen (secondary N) is 1. The second kappa shape index (κ2) is 7.87. The molecule has 2 unspecified atom stereocenters. The number of rotatable bonds is 8. The summed E-state index contributed by atoms with van der Waals surface area (Å²) in [5.74, 6) is -3.51. The van der Waals surface area contributed by atoms with Crippen molar-refractivity contribution >= 4 is 23.8 Å². The summed E-state index contributed by atoms with van der Waals surface area (Å²) in [5.41, 5.74) is 15.6. The fourth-order valence-electron chi connectivity index (χ4n) is 1.19. The maximum atomic E-state index is 11.3. The monoisotopic (exact) mass is 275 g/mol. The van der Waals surface area contributed by atoms with Gasteiger partial charge in [-0.15, -0.1) is 0 Å². The molecule has 0 rings (SSSR count). The third-order valence-corrected chi connectivity index (χ3v) is 2.09. The highest BCUT2D eigenvalue weighted by molar-refractivity contribution is 5.85. The van der Waals surface area contributed by atoms with Gasteiger partial charge in [-0.25, -0.2) is 9.79 Å². The molecule has 0 aromatic heterocycles. The first-order chi connectivity index (χ1) is 8.73. The van der Waals surface area contributed by atoms with Gasteiger partial charge in [0.25, 0.3) is 0 Å². The van der Waals surface area contributed by atoms with E-state index >= 15 is 0 Å². The molecule has 0 spiro atoms. The van der Waals surface area contributed by atoms with Gasteiger partial charge < -0.3 is 32.7 Å². The largest absolute Gasteiger partial charge is 0.480 e. The van der Waals surface area contributed by atoms with Crippen LogP contribution in [0.25, 0.3) is 0 Å². The number of guanidine groups is 1. The predicted octanol–water partition coefficient (Wildman–Crippen LogP) is -2.98. The summed E-state index contributed by atoms with van der Waals surface area (Å²) in [6, 6.07) is -2.22. The number of carbonyl (C=O) groups excluding carboxylic acids is 1. The summed E-state index contributed by atoms with van der Waals surface area (Å²) in [5, 5.41) is 19.2. The molecular formula is C9H17N5O5. The Balaban J connectivity index is 4.28. The molecule has 19 heavy (non-hydrogen) atoms. The van der Waals surface area contributed by atoms with Crippen molar-refractivity contribution in [2.24, 2.45) is 22.2 Å². The van der Waals surface area contributed by atoms with E-state index in [1.807, 2.05) is 0 Å². The summed E-state index contributed by atoms with van der Waals surface area (Å²) in [6.07, 6.45) is -0.0475. The van der Waals surface area contributed by atoms with Crippen molar-refractivity contribution in [3.8, 4) is 0 Å². The molecule has 10 heteroatoms. The van der Waals surface area contributed by atoms with E-state index in [9.17, 15) is 14.4 Å². The number of hydrogen-bond acceptors (Lipinski definition) is 5. The van der Waals surface area contributed by atoms with Crippen molar-refractivity contribution in [2.75, 3.05) is 6.54 Å². The second-order valence-corrected chi connectivity index (χ2v) is 3.70. The Labute approximate surface area is 108 Å². The van der Waals surface area contributed by atoms with Gasteiger partial charge in [-0.1, -0.05) is 0 Å². The Bertz CT molecular complexity index is 379.